The number of benzene rings is 2. The summed E-state index contributed by atoms with van der Waals surface area (Å²) in [4.78, 5) is 13.8. The lowest BCUT2D eigenvalue weighted by molar-refractivity contribution is -0.117. The van der Waals surface area contributed by atoms with Crippen molar-refractivity contribution in [2.45, 2.75) is 39.2 Å². The van der Waals surface area contributed by atoms with Gasteiger partial charge in [-0.05, 0) is 55.0 Å². The Balaban J connectivity index is 1.45. The predicted octanol–water partition coefficient (Wildman–Crippen LogP) is 3.17. The predicted molar refractivity (Wildman–Crippen MR) is 99.7 cm³/mol. The monoisotopic (exact) mass is 347 g/mol. The molecule has 2 aromatic carbocycles. The van der Waals surface area contributed by atoms with E-state index in [-0.39, 0.29) is 12.5 Å². The van der Waals surface area contributed by atoms with Gasteiger partial charge in [-0.25, -0.2) is 0 Å². The SMILES string of the molecule is Cc1ccc(-c2nnn(CC(=O)Nc3cccc4c3CCCC4)n2)cc1. The van der Waals surface area contributed by atoms with E-state index >= 15 is 0 Å². The maximum atomic E-state index is 12.4. The minimum absolute atomic E-state index is 0.0442. The molecule has 6 nitrogen and oxygen atoms in total. The molecular weight excluding hydrogens is 326 g/mol. The Morgan fingerprint density at radius 3 is 2.77 bits per heavy atom. The van der Waals surface area contributed by atoms with Crippen molar-refractivity contribution in [3.8, 4) is 11.4 Å². The van der Waals surface area contributed by atoms with Gasteiger partial charge in [0.05, 0.1) is 0 Å². The molecule has 1 aromatic heterocycles. The van der Waals surface area contributed by atoms with Crippen molar-refractivity contribution in [3.05, 3.63) is 59.2 Å². The van der Waals surface area contributed by atoms with Crippen LogP contribution in [0.4, 0.5) is 5.69 Å². The summed E-state index contributed by atoms with van der Waals surface area (Å²) in [5.74, 6) is 0.381. The molecule has 0 saturated carbocycles. The van der Waals surface area contributed by atoms with Gasteiger partial charge in [-0.1, -0.05) is 42.0 Å². The first-order chi connectivity index (χ1) is 12.7. The van der Waals surface area contributed by atoms with Crippen molar-refractivity contribution in [2.24, 2.45) is 0 Å². The van der Waals surface area contributed by atoms with Crippen LogP contribution in [0, 0.1) is 6.92 Å². The Morgan fingerprint density at radius 2 is 1.92 bits per heavy atom. The number of hydrogen-bond donors (Lipinski definition) is 1. The van der Waals surface area contributed by atoms with Crippen LogP contribution in [0.25, 0.3) is 11.4 Å². The van der Waals surface area contributed by atoms with Crippen molar-refractivity contribution in [3.63, 3.8) is 0 Å². The topological polar surface area (TPSA) is 72.7 Å². The number of hydrogen-bond acceptors (Lipinski definition) is 4. The van der Waals surface area contributed by atoms with Crippen molar-refractivity contribution < 1.29 is 4.79 Å². The quantitative estimate of drug-likeness (QED) is 0.787. The lowest BCUT2D eigenvalue weighted by Gasteiger charge is -2.19. The molecule has 4 rings (SSSR count). The van der Waals surface area contributed by atoms with Crippen LogP contribution < -0.4 is 5.32 Å². The van der Waals surface area contributed by atoms with Crippen LogP contribution in [0.15, 0.2) is 42.5 Å². The van der Waals surface area contributed by atoms with Gasteiger partial charge in [-0.3, -0.25) is 4.79 Å². The lowest BCUT2D eigenvalue weighted by Crippen LogP contribution is -2.22. The molecule has 0 bridgehead atoms. The van der Waals surface area contributed by atoms with Gasteiger partial charge >= 0.3 is 0 Å². The van der Waals surface area contributed by atoms with Crippen LogP contribution in [0.2, 0.25) is 0 Å². The van der Waals surface area contributed by atoms with Gasteiger partial charge in [0.1, 0.15) is 6.54 Å². The molecule has 1 N–H and O–H groups in total. The zero-order chi connectivity index (χ0) is 17.9. The van der Waals surface area contributed by atoms with Crippen molar-refractivity contribution in [2.75, 3.05) is 5.32 Å². The summed E-state index contributed by atoms with van der Waals surface area (Å²) in [6, 6.07) is 14.0. The van der Waals surface area contributed by atoms with Crippen LogP contribution >= 0.6 is 0 Å². The van der Waals surface area contributed by atoms with Gasteiger partial charge in [-0.2, -0.15) is 4.80 Å². The molecule has 132 valence electrons. The molecule has 1 amide bonds. The normalized spacial score (nSPS) is 13.3. The first-order valence-electron chi connectivity index (χ1n) is 8.94. The molecule has 0 aliphatic heterocycles. The van der Waals surface area contributed by atoms with E-state index in [1.54, 1.807) is 0 Å². The number of fused-ring (bicyclic) bond motifs is 1. The Hall–Kier alpha value is -3.02. The maximum Gasteiger partial charge on any atom is 0.248 e. The highest BCUT2D eigenvalue weighted by Crippen LogP contribution is 2.27. The molecule has 3 aromatic rings. The summed E-state index contributed by atoms with van der Waals surface area (Å²) < 4.78 is 0. The number of carbonyl (C=O) groups is 1. The molecule has 1 aliphatic carbocycles. The number of tetrazole rings is 1. The number of aromatic nitrogens is 4. The molecular formula is C20H21N5O. The zero-order valence-electron chi connectivity index (χ0n) is 14.8. The van der Waals surface area contributed by atoms with Gasteiger partial charge in [0, 0.05) is 11.3 Å². The molecule has 0 atom stereocenters. The van der Waals surface area contributed by atoms with Gasteiger partial charge in [0.2, 0.25) is 11.7 Å². The van der Waals surface area contributed by atoms with Crippen LogP contribution in [-0.2, 0) is 24.2 Å². The fourth-order valence-corrected chi connectivity index (χ4v) is 3.35. The number of nitrogens with one attached hydrogen (secondary N) is 1. The molecule has 0 spiro atoms. The third kappa shape index (κ3) is 3.49. The molecule has 0 fully saturated rings. The average molecular weight is 347 g/mol. The highest BCUT2D eigenvalue weighted by atomic mass is 16.2. The Labute approximate surface area is 152 Å². The summed E-state index contributed by atoms with van der Waals surface area (Å²) in [6.07, 6.45) is 4.49. The van der Waals surface area contributed by atoms with E-state index in [2.05, 4.69) is 26.8 Å². The fraction of sp³-hybridized carbons (Fsp3) is 0.300. The van der Waals surface area contributed by atoms with Crippen LogP contribution in [0.5, 0.6) is 0 Å². The number of amides is 1. The largest absolute Gasteiger partial charge is 0.324 e. The minimum Gasteiger partial charge on any atom is -0.324 e. The van der Waals surface area contributed by atoms with Gasteiger partial charge in [0.15, 0.2) is 0 Å². The lowest BCUT2D eigenvalue weighted by atomic mass is 9.90. The zero-order valence-corrected chi connectivity index (χ0v) is 14.8. The summed E-state index contributed by atoms with van der Waals surface area (Å²) in [7, 11) is 0. The highest BCUT2D eigenvalue weighted by Gasteiger charge is 2.15. The second kappa shape index (κ2) is 7.07. The van der Waals surface area contributed by atoms with E-state index in [1.165, 1.54) is 34.3 Å². The van der Waals surface area contributed by atoms with Crippen LogP contribution in [-0.4, -0.2) is 26.1 Å². The Morgan fingerprint density at radius 1 is 1.12 bits per heavy atom. The molecule has 26 heavy (non-hydrogen) atoms. The van der Waals surface area contributed by atoms with E-state index in [1.807, 2.05) is 43.3 Å². The van der Waals surface area contributed by atoms with Crippen LogP contribution in [0.3, 0.4) is 0 Å². The van der Waals surface area contributed by atoms with E-state index in [0.717, 1.165) is 24.1 Å². The van der Waals surface area contributed by atoms with E-state index in [9.17, 15) is 4.79 Å². The molecule has 0 radical (unpaired) electrons. The second-order valence-corrected chi connectivity index (χ2v) is 6.71. The highest BCUT2D eigenvalue weighted by molar-refractivity contribution is 5.91. The van der Waals surface area contributed by atoms with Gasteiger partial charge in [-0.15, -0.1) is 10.2 Å². The average Bonchev–Trinajstić information content (AvgIpc) is 3.11. The van der Waals surface area contributed by atoms with Gasteiger partial charge < -0.3 is 5.32 Å². The Bertz CT molecular complexity index is 930. The number of rotatable bonds is 4. The minimum atomic E-state index is -0.142. The number of nitrogens with zero attached hydrogens (tertiary/aromatic N) is 4. The molecule has 0 saturated heterocycles. The summed E-state index contributed by atoms with van der Waals surface area (Å²) in [5, 5.41) is 15.4. The van der Waals surface area contributed by atoms with Crippen molar-refractivity contribution >= 4 is 11.6 Å². The van der Waals surface area contributed by atoms with E-state index < -0.39 is 0 Å². The van der Waals surface area contributed by atoms with E-state index in [4.69, 9.17) is 0 Å². The first-order valence-corrected chi connectivity index (χ1v) is 8.94. The molecule has 0 unspecified atom stereocenters. The first kappa shape index (κ1) is 16.4. The Kier molecular flexibility index (Phi) is 4.48. The summed E-state index contributed by atoms with van der Waals surface area (Å²) >= 11 is 0. The molecule has 1 aliphatic rings. The van der Waals surface area contributed by atoms with Crippen LogP contribution in [0.1, 0.15) is 29.5 Å². The summed E-state index contributed by atoms with van der Waals surface area (Å²) in [6.45, 7) is 2.07. The van der Waals surface area contributed by atoms with Crippen molar-refractivity contribution in [1.82, 2.24) is 20.2 Å². The molecule has 1 heterocycles. The third-order valence-electron chi connectivity index (χ3n) is 4.72. The number of carbonyl (C=O) groups excluding carboxylic acids is 1. The second-order valence-electron chi connectivity index (χ2n) is 6.71. The number of aryl methyl sites for hydroxylation is 2. The smallest absolute Gasteiger partial charge is 0.248 e. The van der Waals surface area contributed by atoms with Gasteiger partial charge in [0.25, 0.3) is 0 Å². The standard InChI is InChI=1S/C20H21N5O/c1-14-9-11-16(12-10-14)20-22-24-25(23-20)13-19(26)21-18-8-4-6-15-5-2-3-7-17(15)18/h4,6,8-12H,2-3,5,7,13H2,1H3,(H,21,26). The number of anilines is 1. The maximum absolute atomic E-state index is 12.4. The third-order valence-corrected chi connectivity index (χ3v) is 4.72. The fourth-order valence-electron chi connectivity index (χ4n) is 3.35. The van der Waals surface area contributed by atoms with E-state index in [0.29, 0.717) is 5.82 Å². The summed E-state index contributed by atoms with van der Waals surface area (Å²) in [5.41, 5.74) is 5.57. The molecule has 6 heteroatoms. The van der Waals surface area contributed by atoms with Crippen molar-refractivity contribution in [1.29, 1.82) is 0 Å².